The minimum absolute atomic E-state index is 0.425. The van der Waals surface area contributed by atoms with Gasteiger partial charge < -0.3 is 15.0 Å². The molecule has 1 amide bonds. The van der Waals surface area contributed by atoms with E-state index in [0.29, 0.717) is 12.3 Å². The van der Waals surface area contributed by atoms with Crippen LogP contribution in [0, 0.1) is 6.92 Å². The quantitative estimate of drug-likeness (QED) is 0.421. The van der Waals surface area contributed by atoms with E-state index in [9.17, 15) is 4.79 Å². The van der Waals surface area contributed by atoms with Crippen LogP contribution in [0.3, 0.4) is 0 Å². The molecule has 1 N–H and O–H groups in total. The first-order valence-corrected chi connectivity index (χ1v) is 12.3. The lowest BCUT2D eigenvalue weighted by Gasteiger charge is -2.28. The summed E-state index contributed by atoms with van der Waals surface area (Å²) in [4.78, 5) is 23.9. The fourth-order valence-corrected chi connectivity index (χ4v) is 5.12. The molecule has 3 aromatic heterocycles. The second-order valence-electron chi connectivity index (χ2n) is 10.3. The molecule has 0 spiro atoms. The van der Waals surface area contributed by atoms with E-state index in [1.807, 2.05) is 82.2 Å². The molecular formula is C28H32N6O2. The number of benzene rings is 1. The van der Waals surface area contributed by atoms with Gasteiger partial charge in [-0.2, -0.15) is 5.10 Å². The van der Waals surface area contributed by atoms with E-state index in [4.69, 9.17) is 14.8 Å². The average molecular weight is 485 g/mol. The number of rotatable bonds is 6. The summed E-state index contributed by atoms with van der Waals surface area (Å²) >= 11 is 0. The predicted molar refractivity (Wildman–Crippen MR) is 141 cm³/mol. The van der Waals surface area contributed by atoms with Gasteiger partial charge in [0.2, 0.25) is 0 Å². The van der Waals surface area contributed by atoms with Gasteiger partial charge in [-0.15, -0.1) is 0 Å². The van der Waals surface area contributed by atoms with Crippen molar-refractivity contribution in [2.75, 3.05) is 20.6 Å². The first kappa shape index (κ1) is 23.9. The van der Waals surface area contributed by atoms with Crippen molar-refractivity contribution in [3.63, 3.8) is 0 Å². The van der Waals surface area contributed by atoms with E-state index < -0.39 is 11.6 Å². The Hall–Kier alpha value is -3.78. The fraction of sp³-hybridized carbons (Fsp3) is 0.357. The van der Waals surface area contributed by atoms with Crippen LogP contribution in [0.2, 0.25) is 0 Å². The van der Waals surface area contributed by atoms with Crippen molar-refractivity contribution in [3.05, 3.63) is 60.0 Å². The summed E-state index contributed by atoms with van der Waals surface area (Å²) in [5, 5.41) is 8.87. The van der Waals surface area contributed by atoms with Gasteiger partial charge in [-0.3, -0.25) is 14.6 Å². The molecule has 5 rings (SSSR count). The van der Waals surface area contributed by atoms with Gasteiger partial charge >= 0.3 is 6.09 Å². The van der Waals surface area contributed by atoms with Crippen LogP contribution >= 0.6 is 0 Å². The van der Waals surface area contributed by atoms with Crippen LogP contribution in [0.5, 0.6) is 5.75 Å². The maximum atomic E-state index is 12.6. The average Bonchev–Trinajstić information content (AvgIpc) is 3.38. The number of hydrogen-bond donors (Lipinski definition) is 1. The summed E-state index contributed by atoms with van der Waals surface area (Å²) in [5.41, 5.74) is 6.44. The smallest absolute Gasteiger partial charge is 0.410 e. The number of carbonyl (C=O) groups excluding carboxylic acids is 1. The Bertz CT molecular complexity index is 1440. The van der Waals surface area contributed by atoms with Crippen LogP contribution in [0.15, 0.2) is 48.7 Å². The maximum absolute atomic E-state index is 12.6. The molecule has 0 saturated heterocycles. The predicted octanol–water partition coefficient (Wildman–Crippen LogP) is 4.84. The van der Waals surface area contributed by atoms with Gasteiger partial charge in [-0.1, -0.05) is 6.07 Å². The number of carbonyl (C=O) groups is 1. The number of nitrogens with one attached hydrogen (secondary N) is 1. The molecule has 186 valence electrons. The second kappa shape index (κ2) is 9.35. The van der Waals surface area contributed by atoms with Crippen LogP contribution in [0.25, 0.3) is 33.4 Å². The number of hydrogen-bond acceptors (Lipinski definition) is 6. The Kier molecular flexibility index (Phi) is 6.22. The molecule has 1 aliphatic heterocycles. The molecule has 0 fully saturated rings. The van der Waals surface area contributed by atoms with Gasteiger partial charge in [0.05, 0.1) is 16.7 Å². The van der Waals surface area contributed by atoms with Crippen molar-refractivity contribution in [1.82, 2.24) is 30.0 Å². The highest BCUT2D eigenvalue weighted by molar-refractivity contribution is 5.99. The van der Waals surface area contributed by atoms with Crippen molar-refractivity contribution in [2.24, 2.45) is 0 Å². The van der Waals surface area contributed by atoms with Crippen molar-refractivity contribution in [3.8, 4) is 28.3 Å². The molecule has 1 aromatic carbocycles. The van der Waals surface area contributed by atoms with Gasteiger partial charge in [0.1, 0.15) is 11.4 Å². The molecule has 1 aliphatic rings. The number of aryl methyl sites for hydroxylation is 2. The molecule has 36 heavy (non-hydrogen) atoms. The van der Waals surface area contributed by atoms with Gasteiger partial charge in [-0.25, -0.2) is 4.79 Å². The first-order chi connectivity index (χ1) is 17.2. The van der Waals surface area contributed by atoms with Crippen LogP contribution in [-0.4, -0.2) is 56.9 Å². The number of likely N-dealkylation sites (N-methyl/N-ethyl adjacent to an activating group) is 1. The number of fused-ring (bicyclic) bond motifs is 2. The Labute approximate surface area is 211 Å². The molecule has 0 unspecified atom stereocenters. The zero-order valence-corrected chi connectivity index (χ0v) is 21.5. The molecule has 4 heterocycles. The molecule has 4 aromatic rings. The van der Waals surface area contributed by atoms with Gasteiger partial charge in [0.15, 0.2) is 0 Å². The standard InChI is InChI=1S/C28H32N6O2/c1-18-8-6-9-22(30-18)26-25(24-10-7-15-34(24)32-26)21-13-14-29-23-16-19(11-12-20(21)23)36-27(35)31-28(2,3)17-33(4)5/h6,8-9,11-14,16H,7,10,15,17H2,1-5H3,(H,31,35). The van der Waals surface area contributed by atoms with Crippen molar-refractivity contribution < 1.29 is 9.53 Å². The molecule has 0 bridgehead atoms. The summed E-state index contributed by atoms with van der Waals surface area (Å²) in [7, 11) is 3.94. The van der Waals surface area contributed by atoms with Crippen molar-refractivity contribution in [2.45, 2.75) is 45.7 Å². The lowest BCUT2D eigenvalue weighted by molar-refractivity contribution is 0.180. The monoisotopic (exact) mass is 484 g/mol. The van der Waals surface area contributed by atoms with Gasteiger partial charge in [-0.05, 0) is 83.6 Å². The van der Waals surface area contributed by atoms with Crippen LogP contribution < -0.4 is 10.1 Å². The number of pyridine rings is 2. The number of nitrogens with zero attached hydrogens (tertiary/aromatic N) is 5. The van der Waals surface area contributed by atoms with Crippen LogP contribution in [0.4, 0.5) is 4.79 Å². The van der Waals surface area contributed by atoms with E-state index in [1.54, 1.807) is 6.20 Å². The fourth-order valence-electron chi connectivity index (χ4n) is 5.12. The third-order valence-electron chi connectivity index (χ3n) is 6.32. The lowest BCUT2D eigenvalue weighted by Crippen LogP contribution is -2.50. The van der Waals surface area contributed by atoms with Crippen molar-refractivity contribution in [1.29, 1.82) is 0 Å². The molecule has 0 saturated carbocycles. The van der Waals surface area contributed by atoms with E-state index in [-0.39, 0.29) is 0 Å². The Balaban J connectivity index is 1.50. The highest BCUT2D eigenvalue weighted by Crippen LogP contribution is 2.40. The van der Waals surface area contributed by atoms with Gasteiger partial charge in [0, 0.05) is 47.7 Å². The van der Waals surface area contributed by atoms with E-state index in [1.165, 1.54) is 5.69 Å². The Morgan fingerprint density at radius 2 is 2.03 bits per heavy atom. The summed E-state index contributed by atoms with van der Waals surface area (Å²) in [6.07, 6.45) is 3.37. The number of amides is 1. The molecule has 8 heteroatoms. The normalized spacial score (nSPS) is 13.3. The highest BCUT2D eigenvalue weighted by atomic mass is 16.6. The van der Waals surface area contributed by atoms with Crippen LogP contribution in [0.1, 0.15) is 31.7 Å². The zero-order valence-electron chi connectivity index (χ0n) is 21.5. The highest BCUT2D eigenvalue weighted by Gasteiger charge is 2.26. The largest absolute Gasteiger partial charge is 0.413 e. The topological polar surface area (TPSA) is 85.2 Å². The Morgan fingerprint density at radius 3 is 2.81 bits per heavy atom. The summed E-state index contributed by atoms with van der Waals surface area (Å²) in [6, 6.07) is 13.7. The minimum atomic E-state index is -0.486. The molecular weight excluding hydrogens is 452 g/mol. The van der Waals surface area contributed by atoms with Gasteiger partial charge in [0.25, 0.3) is 0 Å². The Morgan fingerprint density at radius 1 is 1.19 bits per heavy atom. The third kappa shape index (κ3) is 4.81. The molecule has 8 nitrogen and oxygen atoms in total. The summed E-state index contributed by atoms with van der Waals surface area (Å²) in [5.74, 6) is 0.450. The molecule has 0 aliphatic carbocycles. The van der Waals surface area contributed by atoms with E-state index in [0.717, 1.165) is 58.5 Å². The lowest BCUT2D eigenvalue weighted by atomic mass is 9.96. The number of aromatic nitrogens is 4. The second-order valence-corrected chi connectivity index (χ2v) is 10.3. The molecule has 0 atom stereocenters. The summed E-state index contributed by atoms with van der Waals surface area (Å²) < 4.78 is 7.73. The maximum Gasteiger partial charge on any atom is 0.413 e. The van der Waals surface area contributed by atoms with E-state index >= 15 is 0 Å². The zero-order chi connectivity index (χ0) is 25.4. The van der Waals surface area contributed by atoms with Crippen molar-refractivity contribution >= 4 is 17.0 Å². The minimum Gasteiger partial charge on any atom is -0.410 e. The number of ether oxygens (including phenoxy) is 1. The van der Waals surface area contributed by atoms with Crippen LogP contribution in [-0.2, 0) is 13.0 Å². The third-order valence-corrected chi connectivity index (χ3v) is 6.32. The SMILES string of the molecule is Cc1cccc(-c2nn3c(c2-c2ccnc4cc(OC(=O)NC(C)(C)CN(C)C)ccc24)CCC3)n1. The van der Waals surface area contributed by atoms with E-state index in [2.05, 4.69) is 15.0 Å². The molecule has 0 radical (unpaired) electrons. The first-order valence-electron chi connectivity index (χ1n) is 12.3. The summed E-state index contributed by atoms with van der Waals surface area (Å²) in [6.45, 7) is 7.53.